The lowest BCUT2D eigenvalue weighted by Gasteiger charge is -2.10. The van der Waals surface area contributed by atoms with Crippen molar-refractivity contribution in [3.05, 3.63) is 85.0 Å². The molecule has 3 heterocycles. The summed E-state index contributed by atoms with van der Waals surface area (Å²) in [5.41, 5.74) is 7.35. The first-order chi connectivity index (χ1) is 18.5. The molecule has 7 rings (SSSR count). The van der Waals surface area contributed by atoms with Gasteiger partial charge in [-0.15, -0.1) is 0 Å². The quantitative estimate of drug-likeness (QED) is 0.241. The molecule has 2 N–H and O–H groups in total. The second-order valence-corrected chi connectivity index (χ2v) is 10.7. The van der Waals surface area contributed by atoms with E-state index >= 15 is 0 Å². The van der Waals surface area contributed by atoms with E-state index in [1.807, 2.05) is 12.4 Å². The lowest BCUT2D eigenvalue weighted by molar-refractivity contribution is 0.795. The van der Waals surface area contributed by atoms with Crippen molar-refractivity contribution in [1.29, 1.82) is 0 Å². The van der Waals surface area contributed by atoms with Crippen molar-refractivity contribution in [2.24, 2.45) is 0 Å². The molecule has 0 saturated carbocycles. The lowest BCUT2D eigenvalue weighted by Crippen LogP contribution is -1.89. The third-order valence-corrected chi connectivity index (χ3v) is 7.41. The summed E-state index contributed by atoms with van der Waals surface area (Å²) in [5, 5.41) is 5.68. The fourth-order valence-corrected chi connectivity index (χ4v) is 5.28. The minimum atomic E-state index is 0.303. The summed E-state index contributed by atoms with van der Waals surface area (Å²) in [6.07, 6.45) is 5.43. The number of nitrogens with one attached hydrogen (secondary N) is 2. The summed E-state index contributed by atoms with van der Waals surface area (Å²) in [7, 11) is 0. The molecule has 0 unspecified atom stereocenters. The Labute approximate surface area is 220 Å². The van der Waals surface area contributed by atoms with Gasteiger partial charge in [0.25, 0.3) is 0 Å². The zero-order valence-corrected chi connectivity index (χ0v) is 21.9. The van der Waals surface area contributed by atoms with E-state index in [9.17, 15) is 0 Å². The Bertz CT molecular complexity index is 1990. The van der Waals surface area contributed by atoms with E-state index in [2.05, 4.69) is 107 Å². The molecular weight excluding hydrogens is 468 g/mol. The molecular formula is C32H28N6. The summed E-state index contributed by atoms with van der Waals surface area (Å²) in [5.74, 6) is 2.66. The molecule has 4 aromatic carbocycles. The molecule has 0 spiro atoms. The van der Waals surface area contributed by atoms with E-state index in [1.54, 1.807) is 6.33 Å². The monoisotopic (exact) mass is 496 g/mol. The van der Waals surface area contributed by atoms with Crippen LogP contribution < -0.4 is 0 Å². The van der Waals surface area contributed by atoms with Gasteiger partial charge in [-0.3, -0.25) is 0 Å². The summed E-state index contributed by atoms with van der Waals surface area (Å²) >= 11 is 0. The number of benzene rings is 4. The molecule has 0 radical (unpaired) electrons. The molecule has 6 heteroatoms. The van der Waals surface area contributed by atoms with Crippen LogP contribution in [0.4, 0.5) is 0 Å². The molecule has 0 aliphatic rings. The first-order valence-corrected chi connectivity index (χ1v) is 13.1. The minimum absolute atomic E-state index is 0.303. The summed E-state index contributed by atoms with van der Waals surface area (Å²) in [4.78, 5) is 25.4. The third-order valence-electron chi connectivity index (χ3n) is 7.41. The summed E-state index contributed by atoms with van der Waals surface area (Å²) in [6.45, 7) is 8.59. The van der Waals surface area contributed by atoms with Crippen molar-refractivity contribution in [2.75, 3.05) is 0 Å². The highest BCUT2D eigenvalue weighted by atomic mass is 14.9. The fraction of sp³-hybridized carbons (Fsp3) is 0.188. The average molecular weight is 497 g/mol. The van der Waals surface area contributed by atoms with Gasteiger partial charge in [0.15, 0.2) is 0 Å². The van der Waals surface area contributed by atoms with Gasteiger partial charge in [0.1, 0.15) is 29.0 Å². The van der Waals surface area contributed by atoms with E-state index in [-0.39, 0.29) is 0 Å². The van der Waals surface area contributed by atoms with Gasteiger partial charge in [0.05, 0.1) is 17.4 Å². The van der Waals surface area contributed by atoms with Crippen molar-refractivity contribution in [3.63, 3.8) is 0 Å². The molecule has 0 saturated heterocycles. The Balaban J connectivity index is 1.35. The van der Waals surface area contributed by atoms with Crippen LogP contribution in [0.3, 0.4) is 0 Å². The lowest BCUT2D eigenvalue weighted by atomic mass is 9.96. The molecule has 0 fully saturated rings. The van der Waals surface area contributed by atoms with Crippen LogP contribution in [0.2, 0.25) is 0 Å². The van der Waals surface area contributed by atoms with E-state index in [0.717, 1.165) is 61.2 Å². The van der Waals surface area contributed by atoms with Crippen LogP contribution in [0.1, 0.15) is 51.2 Å². The number of imidazole rings is 2. The molecule has 0 amide bonds. The van der Waals surface area contributed by atoms with Crippen LogP contribution in [-0.4, -0.2) is 29.9 Å². The topological polar surface area (TPSA) is 83.1 Å². The molecule has 0 aliphatic heterocycles. The Kier molecular flexibility index (Phi) is 5.05. The largest absolute Gasteiger partial charge is 0.342 e. The maximum absolute atomic E-state index is 4.89. The van der Waals surface area contributed by atoms with Crippen molar-refractivity contribution < 1.29 is 0 Å². The van der Waals surface area contributed by atoms with E-state index in [1.165, 1.54) is 16.3 Å². The van der Waals surface area contributed by atoms with E-state index < -0.39 is 0 Å². The predicted molar refractivity (Wildman–Crippen MR) is 155 cm³/mol. The molecule has 0 bridgehead atoms. The highest BCUT2D eigenvalue weighted by molar-refractivity contribution is 6.22. The predicted octanol–water partition coefficient (Wildman–Crippen LogP) is 8.12. The van der Waals surface area contributed by atoms with Crippen molar-refractivity contribution in [3.8, 4) is 22.4 Å². The zero-order valence-electron chi connectivity index (χ0n) is 21.9. The highest BCUT2D eigenvalue weighted by Crippen LogP contribution is 2.36. The number of aromatic amines is 2. The van der Waals surface area contributed by atoms with Crippen molar-refractivity contribution >= 4 is 43.5 Å². The molecule has 6 nitrogen and oxygen atoms in total. The van der Waals surface area contributed by atoms with Crippen LogP contribution >= 0.6 is 0 Å². The maximum atomic E-state index is 4.89. The summed E-state index contributed by atoms with van der Waals surface area (Å²) in [6, 6.07) is 19.9. The fourth-order valence-electron chi connectivity index (χ4n) is 5.28. The van der Waals surface area contributed by atoms with Crippen LogP contribution in [0.5, 0.6) is 0 Å². The molecule has 186 valence electrons. The molecule has 0 atom stereocenters. The van der Waals surface area contributed by atoms with Gasteiger partial charge in [-0.2, -0.15) is 0 Å². The van der Waals surface area contributed by atoms with Gasteiger partial charge in [-0.1, -0.05) is 64.1 Å². The SMILES string of the molecule is CC(C)c1ncc(-c2ccc3cc(-c4ccc5c(c4)c4cncnc4c4nc(C(C)C)[nH]c54)ccc3c2)[nH]1. The van der Waals surface area contributed by atoms with Gasteiger partial charge < -0.3 is 9.97 Å². The molecule has 7 aromatic rings. The number of nitrogens with zero attached hydrogens (tertiary/aromatic N) is 4. The molecule has 0 aliphatic carbocycles. The normalized spacial score (nSPS) is 12.2. The Morgan fingerprint density at radius 1 is 0.605 bits per heavy atom. The van der Waals surface area contributed by atoms with Crippen LogP contribution in [0.15, 0.2) is 73.3 Å². The average Bonchev–Trinajstić information content (AvgIpc) is 3.61. The van der Waals surface area contributed by atoms with Crippen LogP contribution in [0.25, 0.3) is 65.9 Å². The summed E-state index contributed by atoms with van der Waals surface area (Å²) < 4.78 is 0. The smallest absolute Gasteiger partial charge is 0.116 e. The second-order valence-electron chi connectivity index (χ2n) is 10.7. The number of rotatable bonds is 4. The number of fused-ring (bicyclic) bond motifs is 7. The first kappa shape index (κ1) is 22.6. The Morgan fingerprint density at radius 3 is 2.08 bits per heavy atom. The second kappa shape index (κ2) is 8.48. The Morgan fingerprint density at radius 2 is 1.32 bits per heavy atom. The zero-order chi connectivity index (χ0) is 26.0. The Hall–Kier alpha value is -4.58. The van der Waals surface area contributed by atoms with Crippen LogP contribution in [-0.2, 0) is 0 Å². The van der Waals surface area contributed by atoms with Gasteiger partial charge in [0, 0.05) is 34.4 Å². The van der Waals surface area contributed by atoms with E-state index in [4.69, 9.17) is 4.98 Å². The van der Waals surface area contributed by atoms with E-state index in [0.29, 0.717) is 11.8 Å². The van der Waals surface area contributed by atoms with Crippen LogP contribution in [0, 0.1) is 0 Å². The maximum Gasteiger partial charge on any atom is 0.116 e. The van der Waals surface area contributed by atoms with Gasteiger partial charge in [-0.25, -0.2) is 19.9 Å². The molecule has 38 heavy (non-hydrogen) atoms. The number of aromatic nitrogens is 6. The number of H-pyrrole nitrogens is 2. The van der Waals surface area contributed by atoms with Crippen molar-refractivity contribution in [1.82, 2.24) is 29.9 Å². The van der Waals surface area contributed by atoms with Gasteiger partial charge in [0.2, 0.25) is 0 Å². The number of hydrogen-bond donors (Lipinski definition) is 2. The third kappa shape index (κ3) is 3.56. The highest BCUT2D eigenvalue weighted by Gasteiger charge is 2.16. The van der Waals surface area contributed by atoms with Gasteiger partial charge >= 0.3 is 0 Å². The number of hydrogen-bond acceptors (Lipinski definition) is 4. The van der Waals surface area contributed by atoms with Crippen molar-refractivity contribution in [2.45, 2.75) is 39.5 Å². The molecule has 3 aromatic heterocycles. The van der Waals surface area contributed by atoms with Gasteiger partial charge in [-0.05, 0) is 45.5 Å². The first-order valence-electron chi connectivity index (χ1n) is 13.1. The minimum Gasteiger partial charge on any atom is -0.342 e. The standard InChI is InChI=1S/C32H28N6/c1-17(2)31-34-15-27(36-31)23-8-7-19-11-20(5-6-21(19)12-23)22-9-10-24-25(13-22)26-14-33-16-35-28(26)30-29(24)37-32(38-30)18(3)4/h5-18H,1-4H3,(H,34,36)(H,37,38).